The van der Waals surface area contributed by atoms with Gasteiger partial charge in [-0.05, 0) is 5.56 Å². The lowest BCUT2D eigenvalue weighted by Gasteiger charge is -2.24. The maximum Gasteiger partial charge on any atom is 0.246 e. The van der Waals surface area contributed by atoms with Crippen LogP contribution in [0.5, 0.6) is 0 Å². The summed E-state index contributed by atoms with van der Waals surface area (Å²) in [7, 11) is 0. The Kier molecular flexibility index (Phi) is 2.78. The van der Waals surface area contributed by atoms with E-state index in [4.69, 9.17) is 4.74 Å². The fourth-order valence-electron chi connectivity index (χ4n) is 1.65. The molecule has 1 N–H and O–H groups in total. The maximum absolute atomic E-state index is 11.1. The quantitative estimate of drug-likeness (QED) is 0.722. The lowest BCUT2D eigenvalue weighted by molar-refractivity contribution is -0.131. The zero-order valence-corrected chi connectivity index (χ0v) is 8.10. The van der Waals surface area contributed by atoms with E-state index in [1.165, 1.54) is 0 Å². The average molecular weight is 205 g/mol. The molecule has 1 heterocycles. The second kappa shape index (κ2) is 4.23. The number of ether oxygens (including phenoxy) is 1. The van der Waals surface area contributed by atoms with Crippen LogP contribution < -0.4 is 5.32 Å². The smallest absolute Gasteiger partial charge is 0.246 e. The molecular formula is C11H11NO3. The van der Waals surface area contributed by atoms with Crippen LogP contribution in [-0.4, -0.2) is 25.4 Å². The lowest BCUT2D eigenvalue weighted by Crippen LogP contribution is -2.40. The lowest BCUT2D eigenvalue weighted by atomic mass is 10.0. The van der Waals surface area contributed by atoms with Crippen LogP contribution in [0.2, 0.25) is 0 Å². The molecule has 1 aromatic rings. The summed E-state index contributed by atoms with van der Waals surface area (Å²) in [4.78, 5) is 21.9. The summed E-state index contributed by atoms with van der Waals surface area (Å²) in [5.41, 5.74) is 1.40. The minimum atomic E-state index is -0.215. The van der Waals surface area contributed by atoms with Crippen molar-refractivity contribution in [1.82, 2.24) is 5.32 Å². The number of carbonyl (C=O) groups is 2. The molecule has 4 heteroatoms. The van der Waals surface area contributed by atoms with Crippen molar-refractivity contribution in [2.24, 2.45) is 0 Å². The summed E-state index contributed by atoms with van der Waals surface area (Å²) in [6.07, 6.45) is 0.788. The van der Waals surface area contributed by atoms with Crippen molar-refractivity contribution in [2.45, 2.75) is 6.04 Å². The van der Waals surface area contributed by atoms with Crippen molar-refractivity contribution in [3.63, 3.8) is 0 Å². The first-order valence-electron chi connectivity index (χ1n) is 4.72. The van der Waals surface area contributed by atoms with Crippen LogP contribution in [-0.2, 0) is 9.53 Å². The van der Waals surface area contributed by atoms with Crippen molar-refractivity contribution in [2.75, 3.05) is 13.2 Å². The van der Waals surface area contributed by atoms with Gasteiger partial charge in [0, 0.05) is 5.56 Å². The third-order valence-corrected chi connectivity index (χ3v) is 2.35. The molecule has 2 rings (SSSR count). The molecular weight excluding hydrogens is 194 g/mol. The zero-order valence-electron chi connectivity index (χ0n) is 8.10. The third kappa shape index (κ3) is 2.05. The molecule has 0 aromatic heterocycles. The fourth-order valence-corrected chi connectivity index (χ4v) is 1.65. The van der Waals surface area contributed by atoms with Crippen molar-refractivity contribution in [3.05, 3.63) is 35.4 Å². The number of morpholine rings is 1. The SMILES string of the molecule is O=Cc1ccccc1C1COCC(=O)N1. The van der Waals surface area contributed by atoms with Crippen molar-refractivity contribution in [1.29, 1.82) is 0 Å². The molecule has 1 saturated heterocycles. The van der Waals surface area contributed by atoms with E-state index in [0.717, 1.165) is 11.8 Å². The third-order valence-electron chi connectivity index (χ3n) is 2.35. The summed E-state index contributed by atoms with van der Waals surface area (Å²) in [5.74, 6) is -0.146. The number of hydrogen-bond donors (Lipinski definition) is 1. The van der Waals surface area contributed by atoms with Gasteiger partial charge in [0.15, 0.2) is 0 Å². The highest BCUT2D eigenvalue weighted by atomic mass is 16.5. The molecule has 78 valence electrons. The van der Waals surface area contributed by atoms with E-state index in [1.807, 2.05) is 12.1 Å². The van der Waals surface area contributed by atoms with Gasteiger partial charge >= 0.3 is 0 Å². The van der Waals surface area contributed by atoms with Crippen molar-refractivity contribution < 1.29 is 14.3 Å². The Hall–Kier alpha value is -1.68. The molecule has 0 spiro atoms. The van der Waals surface area contributed by atoms with Crippen LogP contribution in [0.4, 0.5) is 0 Å². The van der Waals surface area contributed by atoms with Crippen molar-refractivity contribution in [3.8, 4) is 0 Å². The van der Waals surface area contributed by atoms with Crippen molar-refractivity contribution >= 4 is 12.2 Å². The van der Waals surface area contributed by atoms with E-state index in [0.29, 0.717) is 12.2 Å². The normalized spacial score (nSPS) is 20.8. The van der Waals surface area contributed by atoms with Gasteiger partial charge in [0.05, 0.1) is 12.6 Å². The Morgan fingerprint density at radius 2 is 2.20 bits per heavy atom. The topological polar surface area (TPSA) is 55.4 Å². The Labute approximate surface area is 87.2 Å². The number of hydrogen-bond acceptors (Lipinski definition) is 3. The van der Waals surface area contributed by atoms with E-state index in [9.17, 15) is 9.59 Å². The molecule has 0 radical (unpaired) electrons. The van der Waals surface area contributed by atoms with Gasteiger partial charge in [0.2, 0.25) is 5.91 Å². The minimum absolute atomic E-state index is 0.0970. The van der Waals surface area contributed by atoms with E-state index in [1.54, 1.807) is 12.1 Å². The zero-order chi connectivity index (χ0) is 10.7. The number of aldehydes is 1. The molecule has 0 aliphatic carbocycles. The second-order valence-corrected chi connectivity index (χ2v) is 3.38. The Morgan fingerprint density at radius 1 is 1.40 bits per heavy atom. The Balaban J connectivity index is 2.27. The molecule has 1 amide bonds. The van der Waals surface area contributed by atoms with Gasteiger partial charge in [-0.3, -0.25) is 9.59 Å². The number of benzene rings is 1. The highest BCUT2D eigenvalue weighted by Crippen LogP contribution is 2.18. The summed E-state index contributed by atoms with van der Waals surface area (Å²) in [6, 6.07) is 6.96. The molecule has 0 bridgehead atoms. The van der Waals surface area contributed by atoms with Gasteiger partial charge < -0.3 is 10.1 Å². The van der Waals surface area contributed by atoms with Gasteiger partial charge in [0.1, 0.15) is 12.9 Å². The summed E-state index contributed by atoms with van der Waals surface area (Å²) in [5, 5.41) is 2.78. The molecule has 1 fully saturated rings. The molecule has 1 aliphatic rings. The van der Waals surface area contributed by atoms with Gasteiger partial charge in [-0.1, -0.05) is 24.3 Å². The molecule has 1 aromatic carbocycles. The van der Waals surface area contributed by atoms with Crippen LogP contribution >= 0.6 is 0 Å². The molecule has 0 saturated carbocycles. The number of amides is 1. The largest absolute Gasteiger partial charge is 0.369 e. The fraction of sp³-hybridized carbons (Fsp3) is 0.273. The molecule has 4 nitrogen and oxygen atoms in total. The maximum atomic E-state index is 11.1. The average Bonchev–Trinajstić information content (AvgIpc) is 2.29. The first kappa shape index (κ1) is 9.86. The van der Waals surface area contributed by atoms with Crippen LogP contribution in [0.15, 0.2) is 24.3 Å². The monoisotopic (exact) mass is 205 g/mol. The van der Waals surface area contributed by atoms with Gasteiger partial charge in [-0.25, -0.2) is 0 Å². The second-order valence-electron chi connectivity index (χ2n) is 3.38. The molecule has 15 heavy (non-hydrogen) atoms. The van der Waals surface area contributed by atoms with E-state index in [2.05, 4.69) is 5.32 Å². The summed E-state index contributed by atoms with van der Waals surface area (Å²) < 4.78 is 5.12. The van der Waals surface area contributed by atoms with Crippen LogP contribution in [0.1, 0.15) is 22.0 Å². The standard InChI is InChI=1S/C11H11NO3/c13-5-8-3-1-2-4-9(8)10-6-15-7-11(14)12-10/h1-5,10H,6-7H2,(H,12,14). The van der Waals surface area contributed by atoms with Crippen LogP contribution in [0, 0.1) is 0 Å². The molecule has 1 atom stereocenters. The van der Waals surface area contributed by atoms with Gasteiger partial charge in [-0.15, -0.1) is 0 Å². The predicted molar refractivity (Wildman–Crippen MR) is 53.5 cm³/mol. The van der Waals surface area contributed by atoms with Gasteiger partial charge in [0.25, 0.3) is 0 Å². The number of carbonyl (C=O) groups excluding carboxylic acids is 2. The summed E-state index contributed by atoms with van der Waals surface area (Å²) >= 11 is 0. The highest BCUT2D eigenvalue weighted by molar-refractivity contribution is 5.80. The Bertz CT molecular complexity index is 389. The van der Waals surface area contributed by atoms with Crippen LogP contribution in [0.25, 0.3) is 0 Å². The van der Waals surface area contributed by atoms with E-state index in [-0.39, 0.29) is 18.6 Å². The Morgan fingerprint density at radius 3 is 2.93 bits per heavy atom. The summed E-state index contributed by atoms with van der Waals surface area (Å²) in [6.45, 7) is 0.510. The minimum Gasteiger partial charge on any atom is -0.369 e. The molecule has 1 aliphatic heterocycles. The molecule has 1 unspecified atom stereocenters. The van der Waals surface area contributed by atoms with Crippen LogP contribution in [0.3, 0.4) is 0 Å². The highest BCUT2D eigenvalue weighted by Gasteiger charge is 2.21. The van der Waals surface area contributed by atoms with E-state index < -0.39 is 0 Å². The number of nitrogens with one attached hydrogen (secondary N) is 1. The predicted octanol–water partition coefficient (Wildman–Crippen LogP) is 0.687. The number of rotatable bonds is 2. The first-order chi connectivity index (χ1) is 7.31. The first-order valence-corrected chi connectivity index (χ1v) is 4.72. The van der Waals surface area contributed by atoms with E-state index >= 15 is 0 Å². The van der Waals surface area contributed by atoms with Gasteiger partial charge in [-0.2, -0.15) is 0 Å².